The van der Waals surface area contributed by atoms with E-state index in [1.54, 1.807) is 19.1 Å². The first-order valence-corrected chi connectivity index (χ1v) is 11.0. The molecule has 0 fully saturated rings. The van der Waals surface area contributed by atoms with E-state index in [4.69, 9.17) is 20.6 Å². The van der Waals surface area contributed by atoms with Crippen molar-refractivity contribution in [3.8, 4) is 29.6 Å². The van der Waals surface area contributed by atoms with Crippen LogP contribution in [-0.4, -0.2) is 24.2 Å². The summed E-state index contributed by atoms with van der Waals surface area (Å²) in [6.45, 7) is 5.87. The third-order valence-electron chi connectivity index (χ3n) is 4.85. The Morgan fingerprint density at radius 1 is 1.09 bits per heavy atom. The van der Waals surface area contributed by atoms with Gasteiger partial charge in [0.2, 0.25) is 0 Å². The van der Waals surface area contributed by atoms with Crippen molar-refractivity contribution >= 4 is 17.5 Å². The summed E-state index contributed by atoms with van der Waals surface area (Å²) < 4.78 is 16.7. The maximum atomic E-state index is 11.7. The number of pyridine rings is 1. The Balaban J connectivity index is 1.94. The summed E-state index contributed by atoms with van der Waals surface area (Å²) in [4.78, 5) is 16.0. The number of hydrogen-bond acceptors (Lipinski definition) is 6. The van der Waals surface area contributed by atoms with Crippen molar-refractivity contribution in [2.45, 2.75) is 33.3 Å². The molecule has 3 rings (SSSR count). The number of carbonyl (C=O) groups excluding carboxylic acids is 1. The smallest absolute Gasteiger partial charge is 0.339 e. The average molecular weight is 457 g/mol. The Labute approximate surface area is 200 Å². The van der Waals surface area contributed by atoms with Crippen LogP contribution < -0.4 is 14.8 Å². The van der Waals surface area contributed by atoms with Crippen LogP contribution in [-0.2, 0) is 4.74 Å². The van der Waals surface area contributed by atoms with Gasteiger partial charge in [-0.25, -0.2) is 9.78 Å². The van der Waals surface area contributed by atoms with E-state index >= 15 is 0 Å². The van der Waals surface area contributed by atoms with Gasteiger partial charge in [-0.05, 0) is 56.7 Å². The number of rotatable bonds is 9. The van der Waals surface area contributed by atoms with Crippen LogP contribution in [0.1, 0.15) is 41.8 Å². The molecule has 1 aromatic heterocycles. The number of aryl methyl sites for hydroxylation is 1. The van der Waals surface area contributed by atoms with Crippen molar-refractivity contribution in [3.63, 3.8) is 0 Å². The molecular weight excluding hydrogens is 428 g/mol. The fourth-order valence-electron chi connectivity index (χ4n) is 3.12. The number of anilines is 1. The van der Waals surface area contributed by atoms with Gasteiger partial charge in [0.25, 0.3) is 0 Å². The van der Waals surface area contributed by atoms with Gasteiger partial charge in [-0.3, -0.25) is 0 Å². The summed E-state index contributed by atoms with van der Waals surface area (Å²) in [5.74, 6) is 4.64. The van der Waals surface area contributed by atoms with Gasteiger partial charge in [0.15, 0.2) is 6.10 Å². The van der Waals surface area contributed by atoms with Crippen molar-refractivity contribution < 1.29 is 19.0 Å². The quantitative estimate of drug-likeness (QED) is 0.304. The molecule has 6 heteroatoms. The van der Waals surface area contributed by atoms with Crippen molar-refractivity contribution in [1.82, 2.24) is 4.98 Å². The lowest BCUT2D eigenvalue weighted by atomic mass is 10.1. The number of terminal acetylenes is 1. The number of ether oxygens (including phenoxy) is 3. The fourth-order valence-corrected chi connectivity index (χ4v) is 3.12. The lowest BCUT2D eigenvalue weighted by Crippen LogP contribution is -2.09. The minimum atomic E-state index is -0.436. The van der Waals surface area contributed by atoms with Crippen LogP contribution >= 0.6 is 0 Å². The van der Waals surface area contributed by atoms with Crippen LogP contribution in [0.25, 0.3) is 5.70 Å². The van der Waals surface area contributed by atoms with Crippen LogP contribution in [0.4, 0.5) is 5.82 Å². The van der Waals surface area contributed by atoms with Crippen molar-refractivity contribution in [1.29, 1.82) is 0 Å². The second-order valence-electron chi connectivity index (χ2n) is 7.61. The largest absolute Gasteiger partial charge is 0.478 e. The number of benzene rings is 2. The lowest BCUT2D eigenvalue weighted by Gasteiger charge is -2.16. The van der Waals surface area contributed by atoms with Crippen LogP contribution in [0.5, 0.6) is 17.2 Å². The fraction of sp³-hybridized carbons (Fsp3) is 0.214. The van der Waals surface area contributed by atoms with E-state index in [1.807, 2.05) is 62.4 Å². The van der Waals surface area contributed by atoms with E-state index in [1.165, 1.54) is 13.3 Å². The van der Waals surface area contributed by atoms with Gasteiger partial charge in [0.1, 0.15) is 23.1 Å². The monoisotopic (exact) mass is 456 g/mol. The first-order chi connectivity index (χ1) is 16.4. The molecule has 1 atom stereocenters. The first-order valence-electron chi connectivity index (χ1n) is 11.0. The number of nitrogens with one attached hydrogen (secondary N) is 1. The second-order valence-corrected chi connectivity index (χ2v) is 7.61. The van der Waals surface area contributed by atoms with Crippen molar-refractivity contribution in [2.75, 3.05) is 12.4 Å². The number of esters is 1. The Hall–Kier alpha value is -4.24. The highest BCUT2D eigenvalue weighted by molar-refractivity contribution is 5.89. The molecule has 0 spiro atoms. The normalized spacial score (nSPS) is 11.8. The maximum Gasteiger partial charge on any atom is 0.339 e. The van der Waals surface area contributed by atoms with Gasteiger partial charge in [0.05, 0.1) is 12.7 Å². The van der Waals surface area contributed by atoms with Gasteiger partial charge in [-0.15, -0.1) is 6.42 Å². The number of allylic oxidation sites excluding steroid dienone is 1. The Morgan fingerprint density at radius 2 is 1.82 bits per heavy atom. The van der Waals surface area contributed by atoms with Crippen LogP contribution in [0.2, 0.25) is 0 Å². The SMILES string of the molecule is C#CC(C)Oc1cc(Oc2ccc(C)cc2)cc(/C(=C\CC)Nc2ccc(C(=O)OC)cn2)c1. The molecule has 0 bridgehead atoms. The topological polar surface area (TPSA) is 69.7 Å². The Kier molecular flexibility index (Phi) is 8.31. The highest BCUT2D eigenvalue weighted by Gasteiger charge is 2.12. The molecule has 0 aliphatic carbocycles. The molecule has 1 heterocycles. The molecule has 0 radical (unpaired) electrons. The summed E-state index contributed by atoms with van der Waals surface area (Å²) in [6.07, 6.45) is 9.40. The van der Waals surface area contributed by atoms with Crippen molar-refractivity contribution in [2.24, 2.45) is 0 Å². The Morgan fingerprint density at radius 3 is 2.44 bits per heavy atom. The molecular formula is C28H28N2O4. The van der Waals surface area contributed by atoms with Crippen molar-refractivity contribution in [3.05, 3.63) is 83.6 Å². The third-order valence-corrected chi connectivity index (χ3v) is 4.85. The molecule has 34 heavy (non-hydrogen) atoms. The molecule has 0 aliphatic rings. The summed E-state index contributed by atoms with van der Waals surface area (Å²) in [5.41, 5.74) is 3.18. The van der Waals surface area contributed by atoms with Crippen LogP contribution in [0.15, 0.2) is 66.9 Å². The number of carbonyl (C=O) groups is 1. The van der Waals surface area contributed by atoms with Gasteiger partial charge >= 0.3 is 5.97 Å². The molecule has 2 aromatic carbocycles. The summed E-state index contributed by atoms with van der Waals surface area (Å²) in [7, 11) is 1.34. The zero-order valence-electron chi connectivity index (χ0n) is 19.8. The molecule has 1 unspecified atom stereocenters. The summed E-state index contributed by atoms with van der Waals surface area (Å²) >= 11 is 0. The zero-order chi connectivity index (χ0) is 24.5. The predicted octanol–water partition coefficient (Wildman–Crippen LogP) is 6.23. The second kappa shape index (κ2) is 11.6. The summed E-state index contributed by atoms with van der Waals surface area (Å²) in [5, 5.41) is 3.32. The average Bonchev–Trinajstić information content (AvgIpc) is 2.85. The minimum Gasteiger partial charge on any atom is -0.478 e. The standard InChI is InChI=1S/C28H28N2O4/c1-6-8-26(30-27-14-11-21(18-29-27)28(31)32-5)22-15-24(33-20(4)7-2)17-25(16-22)34-23-12-9-19(3)10-13-23/h2,8-18,20H,6H2,1,3-5H3,(H,29,30)/b26-8+. The van der Waals surface area contributed by atoms with E-state index in [9.17, 15) is 4.79 Å². The molecule has 3 aromatic rings. The highest BCUT2D eigenvalue weighted by atomic mass is 16.5. The molecule has 6 nitrogen and oxygen atoms in total. The van der Waals surface area contributed by atoms with Gasteiger partial charge < -0.3 is 19.5 Å². The zero-order valence-corrected chi connectivity index (χ0v) is 19.8. The molecule has 0 amide bonds. The first kappa shape index (κ1) is 24.4. The summed E-state index contributed by atoms with van der Waals surface area (Å²) in [6, 6.07) is 16.8. The number of methoxy groups -OCH3 is 1. The van der Waals surface area contributed by atoms with E-state index in [0.717, 1.165) is 23.2 Å². The predicted molar refractivity (Wildman–Crippen MR) is 134 cm³/mol. The maximum absolute atomic E-state index is 11.7. The third kappa shape index (κ3) is 6.63. The van der Waals surface area contributed by atoms with E-state index in [0.29, 0.717) is 28.6 Å². The van der Waals surface area contributed by atoms with Crippen LogP contribution in [0.3, 0.4) is 0 Å². The molecule has 0 saturated carbocycles. The van der Waals surface area contributed by atoms with Crippen LogP contribution in [0, 0.1) is 19.3 Å². The lowest BCUT2D eigenvalue weighted by molar-refractivity contribution is 0.0600. The molecule has 0 saturated heterocycles. The highest BCUT2D eigenvalue weighted by Crippen LogP contribution is 2.32. The van der Waals surface area contributed by atoms with Gasteiger partial charge in [0, 0.05) is 23.5 Å². The number of nitrogens with zero attached hydrogens (tertiary/aromatic N) is 1. The van der Waals surface area contributed by atoms with Gasteiger partial charge in [-0.1, -0.05) is 36.6 Å². The number of aromatic nitrogens is 1. The van der Waals surface area contributed by atoms with E-state index in [-0.39, 0.29) is 0 Å². The van der Waals surface area contributed by atoms with E-state index < -0.39 is 12.1 Å². The molecule has 0 aliphatic heterocycles. The van der Waals surface area contributed by atoms with Gasteiger partial charge in [-0.2, -0.15) is 0 Å². The number of hydrogen-bond donors (Lipinski definition) is 1. The molecule has 1 N–H and O–H groups in total. The molecule has 174 valence electrons. The minimum absolute atomic E-state index is 0.376. The Bertz CT molecular complexity index is 1190. The van der Waals surface area contributed by atoms with E-state index in [2.05, 4.69) is 16.2 Å².